The Morgan fingerprint density at radius 2 is 2.17 bits per heavy atom. The molecule has 1 fully saturated rings. The fourth-order valence-corrected chi connectivity index (χ4v) is 2.66. The predicted octanol–water partition coefficient (Wildman–Crippen LogP) is 1.91. The zero-order chi connectivity index (χ0) is 16.8. The van der Waals surface area contributed by atoms with Gasteiger partial charge in [0.15, 0.2) is 11.8 Å². The lowest BCUT2D eigenvalue weighted by molar-refractivity contribution is -0.267. The summed E-state index contributed by atoms with van der Waals surface area (Å²) in [7, 11) is 0. The van der Waals surface area contributed by atoms with Crippen molar-refractivity contribution in [2.75, 3.05) is 13.1 Å². The van der Waals surface area contributed by atoms with Crippen molar-refractivity contribution >= 4 is 11.6 Å². The van der Waals surface area contributed by atoms with E-state index in [2.05, 4.69) is 10.1 Å². The van der Waals surface area contributed by atoms with Crippen LogP contribution < -0.4 is 0 Å². The van der Waals surface area contributed by atoms with Gasteiger partial charge in [-0.1, -0.05) is 0 Å². The van der Waals surface area contributed by atoms with E-state index in [9.17, 15) is 18.0 Å². The van der Waals surface area contributed by atoms with Gasteiger partial charge in [0.2, 0.25) is 0 Å². The van der Waals surface area contributed by atoms with E-state index in [1.807, 2.05) is 0 Å². The molecule has 3 rings (SSSR count). The zero-order valence-corrected chi connectivity index (χ0v) is 12.5. The predicted molar refractivity (Wildman–Crippen MR) is 73.9 cm³/mol. The highest BCUT2D eigenvalue weighted by molar-refractivity contribution is 5.99. The first-order valence-corrected chi connectivity index (χ1v) is 6.99. The second-order valence-corrected chi connectivity index (χ2v) is 6.04. The Hall–Kier alpha value is -2.16. The first-order chi connectivity index (χ1) is 10.7. The van der Waals surface area contributed by atoms with Gasteiger partial charge in [-0.25, -0.2) is 9.50 Å². The molecule has 6 nitrogen and oxygen atoms in total. The van der Waals surface area contributed by atoms with Crippen LogP contribution in [-0.2, 0) is 4.74 Å². The molecule has 2 aromatic heterocycles. The summed E-state index contributed by atoms with van der Waals surface area (Å²) in [6, 6.07) is 1.64. The monoisotopic (exact) mass is 328 g/mol. The Kier molecular flexibility index (Phi) is 3.55. The molecule has 124 valence electrons. The van der Waals surface area contributed by atoms with Gasteiger partial charge in [-0.15, -0.1) is 0 Å². The second-order valence-electron chi connectivity index (χ2n) is 6.04. The minimum atomic E-state index is -4.53. The molecule has 0 spiro atoms. The van der Waals surface area contributed by atoms with Crippen molar-refractivity contribution in [1.82, 2.24) is 19.5 Å². The van der Waals surface area contributed by atoms with E-state index in [0.29, 0.717) is 5.65 Å². The summed E-state index contributed by atoms with van der Waals surface area (Å²) in [4.78, 5) is 17.9. The van der Waals surface area contributed by atoms with Gasteiger partial charge in [0.25, 0.3) is 5.91 Å². The van der Waals surface area contributed by atoms with E-state index >= 15 is 0 Å². The molecule has 1 amide bonds. The largest absolute Gasteiger partial charge is 0.416 e. The van der Waals surface area contributed by atoms with E-state index < -0.39 is 30.3 Å². The Labute approximate surface area is 129 Å². The van der Waals surface area contributed by atoms with Crippen molar-refractivity contribution in [2.24, 2.45) is 0 Å². The maximum atomic E-state index is 13.0. The summed E-state index contributed by atoms with van der Waals surface area (Å²) in [6.07, 6.45) is -2.12. The molecule has 0 aliphatic carbocycles. The van der Waals surface area contributed by atoms with Crippen molar-refractivity contribution in [3.8, 4) is 0 Å². The number of amides is 1. The van der Waals surface area contributed by atoms with Gasteiger partial charge in [0.05, 0.1) is 18.3 Å². The Bertz CT molecular complexity index is 741. The molecule has 0 radical (unpaired) electrons. The minimum Gasteiger partial charge on any atom is -0.359 e. The summed E-state index contributed by atoms with van der Waals surface area (Å²) < 4.78 is 45.5. The van der Waals surface area contributed by atoms with E-state index in [1.165, 1.54) is 30.8 Å². The lowest BCUT2D eigenvalue weighted by atomic mass is 10.0. The van der Waals surface area contributed by atoms with Gasteiger partial charge in [-0.2, -0.15) is 18.3 Å². The molecular formula is C14H15F3N4O2. The number of carbonyl (C=O) groups is 1. The highest BCUT2D eigenvalue weighted by Crippen LogP contribution is 2.32. The van der Waals surface area contributed by atoms with Crippen molar-refractivity contribution < 1.29 is 22.7 Å². The molecule has 1 aliphatic heterocycles. The van der Waals surface area contributed by atoms with Crippen LogP contribution in [0, 0.1) is 0 Å². The minimum absolute atomic E-state index is 0.0581. The zero-order valence-electron chi connectivity index (χ0n) is 12.5. The summed E-state index contributed by atoms with van der Waals surface area (Å²) in [5.74, 6) is -0.538. The third-order valence-electron chi connectivity index (χ3n) is 3.58. The number of ether oxygens (including phenoxy) is 1. The summed E-state index contributed by atoms with van der Waals surface area (Å²) in [5, 5.41) is 3.99. The van der Waals surface area contributed by atoms with Crippen LogP contribution in [0.2, 0.25) is 0 Å². The molecule has 1 unspecified atom stereocenters. The Morgan fingerprint density at radius 1 is 1.43 bits per heavy atom. The third-order valence-corrected chi connectivity index (χ3v) is 3.58. The van der Waals surface area contributed by atoms with Gasteiger partial charge in [0, 0.05) is 18.9 Å². The van der Waals surface area contributed by atoms with Gasteiger partial charge >= 0.3 is 6.18 Å². The molecule has 0 N–H and O–H groups in total. The normalized spacial score (nSPS) is 21.6. The van der Waals surface area contributed by atoms with Crippen molar-refractivity contribution in [1.29, 1.82) is 0 Å². The number of fused-ring (bicyclic) bond motifs is 1. The highest BCUT2D eigenvalue weighted by atomic mass is 19.4. The van der Waals surface area contributed by atoms with Crippen LogP contribution in [0.25, 0.3) is 5.65 Å². The molecule has 2 aromatic rings. The molecule has 23 heavy (non-hydrogen) atoms. The van der Waals surface area contributed by atoms with Crippen LogP contribution in [0.5, 0.6) is 0 Å². The molecule has 1 aliphatic rings. The summed E-state index contributed by atoms with van der Waals surface area (Å²) in [5.41, 5.74) is -0.612. The first kappa shape index (κ1) is 15.7. The number of alkyl halides is 3. The van der Waals surface area contributed by atoms with Crippen LogP contribution in [-0.4, -0.2) is 56.4 Å². The number of carbonyl (C=O) groups excluding carboxylic acids is 1. The van der Waals surface area contributed by atoms with Crippen LogP contribution in [0.3, 0.4) is 0 Å². The standard InChI is InChI=1S/C14H15F3N4O2/c1-13(2)8-20(7-10(23-13)14(15,16)17)12(22)9-6-19-21-5-3-4-18-11(9)21/h3-6,10H,7-8H2,1-2H3. The number of halogens is 3. The van der Waals surface area contributed by atoms with Crippen LogP contribution in [0.15, 0.2) is 24.7 Å². The topological polar surface area (TPSA) is 59.7 Å². The van der Waals surface area contributed by atoms with Crippen LogP contribution in [0.4, 0.5) is 13.2 Å². The lowest BCUT2D eigenvalue weighted by Gasteiger charge is -2.43. The second kappa shape index (κ2) is 5.19. The molecule has 1 saturated heterocycles. The number of aromatic nitrogens is 3. The van der Waals surface area contributed by atoms with E-state index in [1.54, 1.807) is 12.3 Å². The first-order valence-electron chi connectivity index (χ1n) is 6.99. The molecule has 1 atom stereocenters. The smallest absolute Gasteiger partial charge is 0.359 e. The fraction of sp³-hybridized carbons (Fsp3) is 0.500. The quantitative estimate of drug-likeness (QED) is 0.802. The Balaban J connectivity index is 1.92. The average molecular weight is 328 g/mol. The Morgan fingerprint density at radius 3 is 2.87 bits per heavy atom. The molecule has 9 heteroatoms. The molecule has 0 bridgehead atoms. The lowest BCUT2D eigenvalue weighted by Crippen LogP contribution is -2.58. The number of nitrogens with zero attached hydrogens (tertiary/aromatic N) is 4. The van der Waals surface area contributed by atoms with Gasteiger partial charge < -0.3 is 9.64 Å². The molecular weight excluding hydrogens is 313 g/mol. The maximum absolute atomic E-state index is 13.0. The van der Waals surface area contributed by atoms with Crippen LogP contribution >= 0.6 is 0 Å². The van der Waals surface area contributed by atoms with E-state index in [-0.39, 0.29) is 12.1 Å². The number of hydrogen-bond donors (Lipinski definition) is 0. The van der Waals surface area contributed by atoms with Gasteiger partial charge in [-0.05, 0) is 19.9 Å². The number of rotatable bonds is 1. The highest BCUT2D eigenvalue weighted by Gasteiger charge is 2.49. The molecule has 3 heterocycles. The SMILES string of the molecule is CC1(C)CN(C(=O)c2cnn3cccnc23)CC(C(F)(F)F)O1. The summed E-state index contributed by atoms with van der Waals surface area (Å²) >= 11 is 0. The number of morpholine rings is 1. The van der Waals surface area contributed by atoms with Crippen molar-refractivity contribution in [3.63, 3.8) is 0 Å². The molecule has 0 saturated carbocycles. The maximum Gasteiger partial charge on any atom is 0.416 e. The van der Waals surface area contributed by atoms with E-state index in [0.717, 1.165) is 4.90 Å². The van der Waals surface area contributed by atoms with Gasteiger partial charge in [-0.3, -0.25) is 4.79 Å². The number of hydrogen-bond acceptors (Lipinski definition) is 4. The van der Waals surface area contributed by atoms with Gasteiger partial charge in [0.1, 0.15) is 5.56 Å². The van der Waals surface area contributed by atoms with E-state index in [4.69, 9.17) is 4.74 Å². The van der Waals surface area contributed by atoms with Crippen LogP contribution in [0.1, 0.15) is 24.2 Å². The van der Waals surface area contributed by atoms with Crippen molar-refractivity contribution in [3.05, 3.63) is 30.2 Å². The summed E-state index contributed by atoms with van der Waals surface area (Å²) in [6.45, 7) is 2.57. The average Bonchev–Trinajstić information content (AvgIpc) is 2.87. The fourth-order valence-electron chi connectivity index (χ4n) is 2.66. The molecule has 0 aromatic carbocycles. The third kappa shape index (κ3) is 3.00. The van der Waals surface area contributed by atoms with Crippen molar-refractivity contribution in [2.45, 2.75) is 31.7 Å².